The lowest BCUT2D eigenvalue weighted by molar-refractivity contribution is 0.476. The van der Waals surface area contributed by atoms with Crippen LogP contribution < -0.4 is 5.32 Å². The Morgan fingerprint density at radius 2 is 1.73 bits per heavy atom. The normalized spacial score (nSPS) is 10.8. The molecule has 0 aliphatic rings. The second-order valence-electron chi connectivity index (χ2n) is 4.89. The van der Waals surface area contributed by atoms with Gasteiger partial charge in [0, 0.05) is 0 Å². The molecule has 5 heteroatoms. The third-order valence-electron chi connectivity index (χ3n) is 3.28. The summed E-state index contributed by atoms with van der Waals surface area (Å²) in [5.41, 5.74) is 1.60. The summed E-state index contributed by atoms with van der Waals surface area (Å²) in [5.74, 6) is 0.291. The van der Waals surface area contributed by atoms with Crippen molar-refractivity contribution in [2.24, 2.45) is 0 Å². The second-order valence-corrected chi connectivity index (χ2v) is 4.89. The van der Waals surface area contributed by atoms with E-state index in [2.05, 4.69) is 27.6 Å². The van der Waals surface area contributed by atoms with Gasteiger partial charge in [-0.3, -0.25) is 0 Å². The number of benzene rings is 2. The third-order valence-corrected chi connectivity index (χ3v) is 3.28. The minimum Gasteiger partial charge on any atom is -0.419 e. The lowest BCUT2D eigenvalue weighted by atomic mass is 10.1. The first-order valence-corrected chi connectivity index (χ1v) is 7.15. The molecule has 0 amide bonds. The Kier molecular flexibility index (Phi) is 4.56. The fraction of sp³-hybridized carbons (Fsp3) is 0.176. The monoisotopic (exact) mass is 297 g/mol. The quantitative estimate of drug-likeness (QED) is 0.710. The number of nitrogens with one attached hydrogen (secondary N) is 1. The Morgan fingerprint density at radius 1 is 0.955 bits per heavy atom. The molecule has 0 aliphatic carbocycles. The number of rotatable bonds is 6. The molecule has 3 aromatic rings. The number of hydrogen-bond donors (Lipinski definition) is 1. The lowest BCUT2D eigenvalue weighted by Gasteiger charge is -2.02. The standard InChI is InChI=1S/C17H16FN3O/c18-15-9-5-4-8-14(15)17-21-20-16(22-17)12-19-11-10-13-6-2-1-3-7-13/h1-9,19H,10-12H2. The van der Waals surface area contributed by atoms with Crippen LogP contribution >= 0.6 is 0 Å². The van der Waals surface area contributed by atoms with Crippen LogP contribution in [0.1, 0.15) is 11.5 Å². The van der Waals surface area contributed by atoms with Crippen molar-refractivity contribution in [3.05, 3.63) is 71.9 Å². The second kappa shape index (κ2) is 6.95. The maximum absolute atomic E-state index is 13.6. The van der Waals surface area contributed by atoms with Crippen LogP contribution in [-0.2, 0) is 13.0 Å². The number of nitrogens with zero attached hydrogens (tertiary/aromatic N) is 2. The lowest BCUT2D eigenvalue weighted by Crippen LogP contribution is -2.16. The van der Waals surface area contributed by atoms with Gasteiger partial charge in [0.2, 0.25) is 5.89 Å². The number of aromatic nitrogens is 2. The maximum atomic E-state index is 13.6. The molecule has 0 atom stereocenters. The predicted molar refractivity (Wildman–Crippen MR) is 81.5 cm³/mol. The zero-order chi connectivity index (χ0) is 15.2. The van der Waals surface area contributed by atoms with Gasteiger partial charge in [-0.2, -0.15) is 0 Å². The van der Waals surface area contributed by atoms with Crippen molar-refractivity contribution >= 4 is 0 Å². The Morgan fingerprint density at radius 3 is 2.55 bits per heavy atom. The van der Waals surface area contributed by atoms with Gasteiger partial charge < -0.3 is 9.73 Å². The molecule has 0 saturated carbocycles. The Labute approximate surface area is 128 Å². The van der Waals surface area contributed by atoms with Crippen LogP contribution in [-0.4, -0.2) is 16.7 Å². The van der Waals surface area contributed by atoms with Crippen LogP contribution in [0, 0.1) is 5.82 Å². The Hall–Kier alpha value is -2.53. The molecule has 3 rings (SSSR count). The van der Waals surface area contributed by atoms with Gasteiger partial charge in [-0.25, -0.2) is 4.39 Å². The van der Waals surface area contributed by atoms with E-state index in [0.717, 1.165) is 13.0 Å². The molecular formula is C17H16FN3O. The molecule has 112 valence electrons. The fourth-order valence-corrected chi connectivity index (χ4v) is 2.14. The minimum absolute atomic E-state index is 0.206. The molecule has 1 N–H and O–H groups in total. The van der Waals surface area contributed by atoms with Crippen LogP contribution in [0.2, 0.25) is 0 Å². The van der Waals surface area contributed by atoms with Crippen LogP contribution in [0.5, 0.6) is 0 Å². The molecule has 0 unspecified atom stereocenters. The van der Waals surface area contributed by atoms with E-state index in [1.165, 1.54) is 11.6 Å². The fourth-order valence-electron chi connectivity index (χ4n) is 2.14. The molecule has 0 bridgehead atoms. The molecule has 1 aromatic heterocycles. The minimum atomic E-state index is -0.366. The van der Waals surface area contributed by atoms with Crippen LogP contribution in [0.15, 0.2) is 59.0 Å². The molecular weight excluding hydrogens is 281 g/mol. The summed E-state index contributed by atoms with van der Waals surface area (Å²) < 4.78 is 19.1. The molecule has 4 nitrogen and oxygen atoms in total. The van der Waals surface area contributed by atoms with E-state index in [9.17, 15) is 4.39 Å². The van der Waals surface area contributed by atoms with Crippen molar-refractivity contribution in [3.63, 3.8) is 0 Å². The summed E-state index contributed by atoms with van der Waals surface area (Å²) in [5, 5.41) is 11.1. The van der Waals surface area contributed by atoms with Gasteiger partial charge >= 0.3 is 0 Å². The van der Waals surface area contributed by atoms with Gasteiger partial charge in [0.25, 0.3) is 5.89 Å². The summed E-state index contributed by atoms with van der Waals surface area (Å²) in [6.07, 6.45) is 0.926. The van der Waals surface area contributed by atoms with Crippen molar-refractivity contribution in [3.8, 4) is 11.5 Å². The van der Waals surface area contributed by atoms with Gasteiger partial charge in [-0.15, -0.1) is 10.2 Å². The van der Waals surface area contributed by atoms with Crippen LogP contribution in [0.4, 0.5) is 4.39 Å². The third kappa shape index (κ3) is 3.56. The van der Waals surface area contributed by atoms with E-state index < -0.39 is 0 Å². The largest absolute Gasteiger partial charge is 0.419 e. The van der Waals surface area contributed by atoms with Gasteiger partial charge in [-0.1, -0.05) is 42.5 Å². The van der Waals surface area contributed by atoms with E-state index in [1.54, 1.807) is 18.2 Å². The molecule has 1 heterocycles. The van der Waals surface area contributed by atoms with Gasteiger partial charge in [-0.05, 0) is 30.7 Å². The zero-order valence-corrected chi connectivity index (χ0v) is 12.0. The highest BCUT2D eigenvalue weighted by Crippen LogP contribution is 2.20. The SMILES string of the molecule is Fc1ccccc1-c1nnc(CNCCc2ccccc2)o1. The average Bonchev–Trinajstić information content (AvgIpc) is 3.02. The van der Waals surface area contributed by atoms with Crippen LogP contribution in [0.25, 0.3) is 11.5 Å². The molecule has 0 aliphatic heterocycles. The molecule has 0 spiro atoms. The molecule has 0 radical (unpaired) electrons. The highest BCUT2D eigenvalue weighted by Gasteiger charge is 2.11. The average molecular weight is 297 g/mol. The first kappa shape index (κ1) is 14.4. The Balaban J connectivity index is 1.53. The van der Waals surface area contributed by atoms with E-state index in [4.69, 9.17) is 4.42 Å². The molecule has 0 fully saturated rings. The summed E-state index contributed by atoms with van der Waals surface area (Å²) in [7, 11) is 0. The highest BCUT2D eigenvalue weighted by molar-refractivity contribution is 5.53. The van der Waals surface area contributed by atoms with E-state index in [1.807, 2.05) is 18.2 Å². The van der Waals surface area contributed by atoms with Gasteiger partial charge in [0.15, 0.2) is 0 Å². The summed E-state index contributed by atoms with van der Waals surface area (Å²) >= 11 is 0. The Bertz CT molecular complexity index is 728. The summed E-state index contributed by atoms with van der Waals surface area (Å²) in [6, 6.07) is 16.6. The molecule has 22 heavy (non-hydrogen) atoms. The smallest absolute Gasteiger partial charge is 0.250 e. The van der Waals surface area contributed by atoms with Crippen molar-refractivity contribution in [2.45, 2.75) is 13.0 Å². The maximum Gasteiger partial charge on any atom is 0.250 e. The first-order valence-electron chi connectivity index (χ1n) is 7.15. The van der Waals surface area contributed by atoms with Gasteiger partial charge in [0.05, 0.1) is 12.1 Å². The summed E-state index contributed by atoms with van der Waals surface area (Å²) in [6.45, 7) is 1.27. The predicted octanol–water partition coefficient (Wildman–Crippen LogP) is 3.21. The molecule has 0 saturated heterocycles. The topological polar surface area (TPSA) is 51.0 Å². The van der Waals surface area contributed by atoms with E-state index in [0.29, 0.717) is 18.0 Å². The highest BCUT2D eigenvalue weighted by atomic mass is 19.1. The van der Waals surface area contributed by atoms with E-state index >= 15 is 0 Å². The van der Waals surface area contributed by atoms with Crippen molar-refractivity contribution in [1.82, 2.24) is 15.5 Å². The van der Waals surface area contributed by atoms with Crippen molar-refractivity contribution in [2.75, 3.05) is 6.54 Å². The first-order chi connectivity index (χ1) is 10.8. The molecule has 2 aromatic carbocycles. The van der Waals surface area contributed by atoms with Gasteiger partial charge in [0.1, 0.15) is 5.82 Å². The van der Waals surface area contributed by atoms with Crippen molar-refractivity contribution < 1.29 is 8.81 Å². The zero-order valence-electron chi connectivity index (χ0n) is 12.0. The number of halogens is 1. The van der Waals surface area contributed by atoms with Crippen LogP contribution in [0.3, 0.4) is 0 Å². The van der Waals surface area contributed by atoms with Crippen molar-refractivity contribution in [1.29, 1.82) is 0 Å². The summed E-state index contributed by atoms with van der Waals surface area (Å²) in [4.78, 5) is 0. The van der Waals surface area contributed by atoms with E-state index in [-0.39, 0.29) is 11.7 Å². The number of hydrogen-bond acceptors (Lipinski definition) is 4.